The molecule has 2 aromatic heterocycles. The second-order valence-electron chi connectivity index (χ2n) is 5.26. The van der Waals surface area contributed by atoms with E-state index in [1.807, 2.05) is 24.3 Å². The van der Waals surface area contributed by atoms with Crippen molar-refractivity contribution in [2.24, 2.45) is 0 Å². The van der Waals surface area contributed by atoms with Gasteiger partial charge in [-0.15, -0.1) is 0 Å². The Morgan fingerprint density at radius 1 is 1.30 bits per heavy atom. The molecule has 2 heterocycles. The molecule has 20 heavy (non-hydrogen) atoms. The maximum atomic E-state index is 8.74. The average Bonchev–Trinajstić information content (AvgIpc) is 3.03. The molecular weight excluding hydrogens is 377 g/mol. The fourth-order valence-corrected chi connectivity index (χ4v) is 5.23. The zero-order valence-electron chi connectivity index (χ0n) is 11.5. The van der Waals surface area contributed by atoms with E-state index >= 15 is 0 Å². The van der Waals surface area contributed by atoms with E-state index in [4.69, 9.17) is 14.9 Å². The molecule has 0 atom stereocenters. The van der Waals surface area contributed by atoms with Crippen molar-refractivity contribution in [3.05, 3.63) is 28.8 Å². The van der Waals surface area contributed by atoms with Gasteiger partial charge in [0.1, 0.15) is 0 Å². The summed E-state index contributed by atoms with van der Waals surface area (Å²) in [4.78, 5) is 11.9. The van der Waals surface area contributed by atoms with E-state index in [1.165, 1.54) is 17.4 Å². The van der Waals surface area contributed by atoms with Crippen molar-refractivity contribution in [2.75, 3.05) is 0 Å². The van der Waals surface area contributed by atoms with Gasteiger partial charge >= 0.3 is 126 Å². The van der Waals surface area contributed by atoms with Crippen molar-refractivity contribution in [1.29, 1.82) is 10.5 Å². The number of hydrogen-bond donors (Lipinski definition) is 0. The summed E-state index contributed by atoms with van der Waals surface area (Å²) >= 11 is -0.780. The molecule has 0 radical (unpaired) electrons. The van der Waals surface area contributed by atoms with Gasteiger partial charge in [0.25, 0.3) is 0 Å². The first-order valence-corrected chi connectivity index (χ1v) is 16.8. The van der Waals surface area contributed by atoms with Gasteiger partial charge in [0.2, 0.25) is 0 Å². The third-order valence-corrected chi connectivity index (χ3v) is 8.55. The molecule has 2 aromatic rings. The molecule has 0 bridgehead atoms. The number of rotatable bonds is 3. The average molecular weight is 390 g/mol. The van der Waals surface area contributed by atoms with E-state index < -0.39 is 18.4 Å². The number of nitrogens with zero attached hydrogens (tertiary/aromatic N) is 3. The first-order chi connectivity index (χ1) is 9.44. The number of thiazole rings is 1. The summed E-state index contributed by atoms with van der Waals surface area (Å²) in [5.41, 5.74) is 0.0752. The van der Waals surface area contributed by atoms with Gasteiger partial charge in [-0.2, -0.15) is 0 Å². The number of hydrogen-bond acceptors (Lipinski definition) is 5. The van der Waals surface area contributed by atoms with Crippen LogP contribution in [0.25, 0.3) is 16.8 Å². The third-order valence-electron chi connectivity index (χ3n) is 2.61. The number of allylic oxidation sites excluding steroid dienone is 1. The Labute approximate surface area is 125 Å². The Bertz CT molecular complexity index is 722. The molecule has 0 unspecified atom stereocenters. The van der Waals surface area contributed by atoms with E-state index in [1.54, 1.807) is 6.20 Å². The standard InChI is InChI=1S/C11H4N3OS.3CH3.Sn/c12-5-8(6-13)4-9-7-14-11(16-9)10-2-1-3-15-10;;;;/h1-2,4,7H;3*1H3;. The second-order valence-corrected chi connectivity index (χ2v) is 20.6. The number of nitriles is 2. The molecule has 0 aliphatic heterocycles. The molecule has 0 aliphatic carbocycles. The van der Waals surface area contributed by atoms with Gasteiger partial charge in [0.05, 0.1) is 0 Å². The maximum absolute atomic E-state index is 8.74. The van der Waals surface area contributed by atoms with Crippen LogP contribution in [-0.2, 0) is 0 Å². The van der Waals surface area contributed by atoms with Crippen LogP contribution in [0.2, 0.25) is 14.8 Å². The van der Waals surface area contributed by atoms with Crippen molar-refractivity contribution in [2.45, 2.75) is 14.8 Å². The van der Waals surface area contributed by atoms with Crippen LogP contribution in [0.4, 0.5) is 0 Å². The minimum absolute atomic E-state index is 0.0752. The monoisotopic (exact) mass is 391 g/mol. The molecule has 0 aliphatic rings. The predicted molar refractivity (Wildman–Crippen MR) is 82.0 cm³/mol. The fraction of sp³-hybridized carbons (Fsp3) is 0.214. The molecule has 0 N–H and O–H groups in total. The summed E-state index contributed by atoms with van der Waals surface area (Å²) in [6.45, 7) is 0. The van der Waals surface area contributed by atoms with Gasteiger partial charge in [0, 0.05) is 0 Å². The Balaban J connectivity index is 2.31. The fourth-order valence-electron chi connectivity index (χ4n) is 1.55. The van der Waals surface area contributed by atoms with Crippen LogP contribution < -0.4 is 3.78 Å². The number of aromatic nitrogens is 1. The summed E-state index contributed by atoms with van der Waals surface area (Å²) in [5, 5.41) is 18.2. The van der Waals surface area contributed by atoms with Gasteiger partial charge in [-0.1, -0.05) is 0 Å². The SMILES string of the molecule is [CH3][Sn]([CH3])([CH3])[c]1ccc(-c2ncc(C=C(C#N)C#N)s2)o1. The molecule has 0 saturated heterocycles. The normalized spacial score (nSPS) is 10.7. The van der Waals surface area contributed by atoms with Crippen LogP contribution in [-0.4, -0.2) is 23.4 Å². The minimum atomic E-state index is -2.19. The summed E-state index contributed by atoms with van der Waals surface area (Å²) < 4.78 is 7.00. The molecule has 0 spiro atoms. The quantitative estimate of drug-likeness (QED) is 0.595. The van der Waals surface area contributed by atoms with E-state index in [0.717, 1.165) is 19.4 Å². The molecule has 0 aromatic carbocycles. The Morgan fingerprint density at radius 2 is 2.00 bits per heavy atom. The molecular formula is C14H13N3OSSn. The summed E-state index contributed by atoms with van der Waals surface area (Å²) in [6, 6.07) is 7.66. The van der Waals surface area contributed by atoms with Crippen LogP contribution in [0.3, 0.4) is 0 Å². The summed E-state index contributed by atoms with van der Waals surface area (Å²) in [6.07, 6.45) is 3.19. The van der Waals surface area contributed by atoms with Crippen LogP contribution in [0, 0.1) is 22.7 Å². The van der Waals surface area contributed by atoms with Crippen LogP contribution in [0.15, 0.2) is 28.3 Å². The zero-order valence-corrected chi connectivity index (χ0v) is 15.1. The van der Waals surface area contributed by atoms with Crippen molar-refractivity contribution < 1.29 is 4.42 Å². The Morgan fingerprint density at radius 3 is 2.55 bits per heavy atom. The van der Waals surface area contributed by atoms with Gasteiger partial charge in [-0.05, 0) is 0 Å². The van der Waals surface area contributed by atoms with Gasteiger partial charge < -0.3 is 0 Å². The van der Waals surface area contributed by atoms with Crippen LogP contribution >= 0.6 is 11.3 Å². The molecule has 0 saturated carbocycles. The first kappa shape index (κ1) is 14.8. The molecule has 2 rings (SSSR count). The Hall–Kier alpha value is -1.57. The molecule has 4 nitrogen and oxygen atoms in total. The Kier molecular flexibility index (Phi) is 4.32. The van der Waals surface area contributed by atoms with Gasteiger partial charge in [0.15, 0.2) is 0 Å². The van der Waals surface area contributed by atoms with Crippen molar-refractivity contribution in [1.82, 2.24) is 4.98 Å². The van der Waals surface area contributed by atoms with Gasteiger partial charge in [-0.25, -0.2) is 0 Å². The third kappa shape index (κ3) is 3.30. The van der Waals surface area contributed by atoms with E-state index in [2.05, 4.69) is 19.8 Å². The van der Waals surface area contributed by atoms with Crippen molar-refractivity contribution >= 4 is 39.6 Å². The molecule has 6 heteroatoms. The van der Waals surface area contributed by atoms with Crippen LogP contribution in [0.1, 0.15) is 4.88 Å². The van der Waals surface area contributed by atoms with E-state index in [0.29, 0.717) is 0 Å². The second kappa shape index (κ2) is 5.82. The van der Waals surface area contributed by atoms with Gasteiger partial charge in [-0.3, -0.25) is 0 Å². The first-order valence-electron chi connectivity index (χ1n) is 6.02. The topological polar surface area (TPSA) is 73.6 Å². The molecule has 100 valence electrons. The number of furan rings is 1. The summed E-state index contributed by atoms with van der Waals surface area (Å²) in [5.74, 6) is 0.756. The van der Waals surface area contributed by atoms with Crippen molar-refractivity contribution in [3.8, 4) is 22.9 Å². The van der Waals surface area contributed by atoms with Crippen LogP contribution in [0.5, 0.6) is 0 Å². The predicted octanol–water partition coefficient (Wildman–Crippen LogP) is 3.38. The molecule has 0 fully saturated rings. The zero-order chi connectivity index (χ0) is 14.8. The van der Waals surface area contributed by atoms with Crippen molar-refractivity contribution in [3.63, 3.8) is 0 Å². The van der Waals surface area contributed by atoms with E-state index in [-0.39, 0.29) is 5.57 Å². The van der Waals surface area contributed by atoms with E-state index in [9.17, 15) is 0 Å². The summed E-state index contributed by atoms with van der Waals surface area (Å²) in [7, 11) is 0. The molecule has 0 amide bonds.